The molecule has 0 aliphatic heterocycles. The van der Waals surface area contributed by atoms with Crippen LogP contribution in [0.1, 0.15) is 42.1 Å². The number of fused-ring (bicyclic) bond motifs is 1. The van der Waals surface area contributed by atoms with Gasteiger partial charge >= 0.3 is 0 Å². The van der Waals surface area contributed by atoms with E-state index in [0.717, 1.165) is 24.2 Å². The first-order chi connectivity index (χ1) is 10.8. The molecule has 3 nitrogen and oxygen atoms in total. The van der Waals surface area contributed by atoms with Crippen molar-refractivity contribution in [3.8, 4) is 0 Å². The molecule has 2 aliphatic carbocycles. The summed E-state index contributed by atoms with van der Waals surface area (Å²) in [7, 11) is 0. The van der Waals surface area contributed by atoms with Gasteiger partial charge in [-0.3, -0.25) is 0 Å². The van der Waals surface area contributed by atoms with E-state index >= 15 is 0 Å². The lowest BCUT2D eigenvalue weighted by Crippen LogP contribution is -2.54. The SMILES string of the molecule is Cc1ncc(CN[C@@H]2[C@H]3CCC[C@@H]3[C@@H]2c2ccccc2)cn1. The van der Waals surface area contributed by atoms with Crippen LogP contribution in [0.25, 0.3) is 0 Å². The lowest BCUT2D eigenvalue weighted by Gasteiger charge is -2.50. The first kappa shape index (κ1) is 13.9. The van der Waals surface area contributed by atoms with E-state index in [9.17, 15) is 0 Å². The minimum atomic E-state index is 0.608. The molecule has 22 heavy (non-hydrogen) atoms. The summed E-state index contributed by atoms with van der Waals surface area (Å²) in [5, 5.41) is 3.79. The summed E-state index contributed by atoms with van der Waals surface area (Å²) in [4.78, 5) is 8.59. The normalized spacial score (nSPS) is 29.9. The predicted molar refractivity (Wildman–Crippen MR) is 87.4 cm³/mol. The van der Waals surface area contributed by atoms with E-state index in [4.69, 9.17) is 0 Å². The fraction of sp³-hybridized carbons (Fsp3) is 0.474. The van der Waals surface area contributed by atoms with Gasteiger partial charge in [0.25, 0.3) is 0 Å². The van der Waals surface area contributed by atoms with E-state index in [1.54, 1.807) is 0 Å². The number of nitrogens with one attached hydrogen (secondary N) is 1. The monoisotopic (exact) mass is 293 g/mol. The summed E-state index contributed by atoms with van der Waals surface area (Å²) in [6, 6.07) is 11.6. The van der Waals surface area contributed by atoms with Gasteiger partial charge in [0.1, 0.15) is 5.82 Å². The topological polar surface area (TPSA) is 37.8 Å². The number of rotatable bonds is 4. The maximum absolute atomic E-state index is 4.29. The summed E-state index contributed by atoms with van der Waals surface area (Å²) in [6.07, 6.45) is 8.06. The molecule has 1 heterocycles. The van der Waals surface area contributed by atoms with Crippen molar-refractivity contribution in [2.45, 2.75) is 44.7 Å². The Balaban J connectivity index is 1.48. The summed E-state index contributed by atoms with van der Waals surface area (Å²) < 4.78 is 0. The van der Waals surface area contributed by atoms with Crippen LogP contribution in [0, 0.1) is 18.8 Å². The van der Waals surface area contributed by atoms with E-state index in [2.05, 4.69) is 45.6 Å². The molecule has 114 valence electrons. The first-order valence-corrected chi connectivity index (χ1v) is 8.39. The van der Waals surface area contributed by atoms with Crippen LogP contribution >= 0.6 is 0 Å². The first-order valence-electron chi connectivity index (χ1n) is 8.39. The molecule has 0 unspecified atom stereocenters. The number of aromatic nitrogens is 2. The van der Waals surface area contributed by atoms with Crippen molar-refractivity contribution in [1.82, 2.24) is 15.3 Å². The molecule has 2 aromatic rings. The van der Waals surface area contributed by atoms with Gasteiger partial charge < -0.3 is 5.32 Å². The average molecular weight is 293 g/mol. The minimum absolute atomic E-state index is 0.608. The fourth-order valence-electron chi connectivity index (χ4n) is 4.45. The van der Waals surface area contributed by atoms with Gasteiger partial charge in [0.2, 0.25) is 0 Å². The summed E-state index contributed by atoms with van der Waals surface area (Å²) >= 11 is 0. The third-order valence-electron chi connectivity index (χ3n) is 5.50. The second kappa shape index (κ2) is 5.81. The Morgan fingerprint density at radius 2 is 1.77 bits per heavy atom. The van der Waals surface area contributed by atoms with Crippen LogP contribution in [-0.2, 0) is 6.54 Å². The Morgan fingerprint density at radius 3 is 2.55 bits per heavy atom. The fourth-order valence-corrected chi connectivity index (χ4v) is 4.45. The zero-order chi connectivity index (χ0) is 14.9. The predicted octanol–water partition coefficient (Wildman–Crippen LogP) is 3.46. The Labute approximate surface area is 132 Å². The summed E-state index contributed by atoms with van der Waals surface area (Å²) in [5.74, 6) is 3.26. The van der Waals surface area contributed by atoms with Crippen molar-refractivity contribution in [3.63, 3.8) is 0 Å². The molecule has 3 heteroatoms. The van der Waals surface area contributed by atoms with Crippen molar-refractivity contribution in [2.24, 2.45) is 11.8 Å². The molecule has 0 bridgehead atoms. The molecule has 2 saturated carbocycles. The van der Waals surface area contributed by atoms with Crippen LogP contribution in [0.5, 0.6) is 0 Å². The quantitative estimate of drug-likeness (QED) is 0.938. The molecule has 0 saturated heterocycles. The minimum Gasteiger partial charge on any atom is -0.309 e. The van der Waals surface area contributed by atoms with Gasteiger partial charge in [0, 0.05) is 36.5 Å². The molecule has 0 spiro atoms. The van der Waals surface area contributed by atoms with Crippen LogP contribution in [-0.4, -0.2) is 16.0 Å². The second-order valence-electron chi connectivity index (χ2n) is 6.74. The van der Waals surface area contributed by atoms with Gasteiger partial charge in [-0.05, 0) is 37.2 Å². The number of hydrogen-bond acceptors (Lipinski definition) is 3. The zero-order valence-corrected chi connectivity index (χ0v) is 13.1. The maximum atomic E-state index is 4.29. The zero-order valence-electron chi connectivity index (χ0n) is 13.1. The van der Waals surface area contributed by atoms with Gasteiger partial charge in [0.15, 0.2) is 0 Å². The van der Waals surface area contributed by atoms with Crippen molar-refractivity contribution in [1.29, 1.82) is 0 Å². The average Bonchev–Trinajstić information content (AvgIpc) is 2.94. The number of nitrogens with zero attached hydrogens (tertiary/aromatic N) is 2. The molecule has 4 atom stereocenters. The molecule has 2 aliphatic rings. The van der Waals surface area contributed by atoms with Crippen LogP contribution in [0.4, 0.5) is 0 Å². The number of benzene rings is 1. The lowest BCUT2D eigenvalue weighted by atomic mass is 9.60. The van der Waals surface area contributed by atoms with Crippen LogP contribution < -0.4 is 5.32 Å². The van der Waals surface area contributed by atoms with Crippen molar-refractivity contribution >= 4 is 0 Å². The Kier molecular flexibility index (Phi) is 3.67. The van der Waals surface area contributed by atoms with Gasteiger partial charge in [-0.2, -0.15) is 0 Å². The highest BCUT2D eigenvalue weighted by Crippen LogP contribution is 2.55. The third-order valence-corrected chi connectivity index (χ3v) is 5.50. The third kappa shape index (κ3) is 2.44. The van der Waals surface area contributed by atoms with Crippen LogP contribution in [0.15, 0.2) is 42.7 Å². The molecule has 0 amide bonds. The highest BCUT2D eigenvalue weighted by atomic mass is 15.0. The summed E-state index contributed by atoms with van der Waals surface area (Å²) in [6.45, 7) is 2.80. The van der Waals surface area contributed by atoms with Gasteiger partial charge in [-0.15, -0.1) is 0 Å². The molecule has 1 aromatic heterocycles. The Morgan fingerprint density at radius 1 is 1.05 bits per heavy atom. The van der Waals surface area contributed by atoms with Gasteiger partial charge in [-0.1, -0.05) is 36.8 Å². The molecular formula is C19H23N3. The van der Waals surface area contributed by atoms with E-state index in [1.165, 1.54) is 30.4 Å². The van der Waals surface area contributed by atoms with Crippen molar-refractivity contribution < 1.29 is 0 Å². The largest absolute Gasteiger partial charge is 0.309 e. The number of aryl methyl sites for hydroxylation is 1. The molecule has 1 N–H and O–H groups in total. The van der Waals surface area contributed by atoms with Crippen LogP contribution in [0.2, 0.25) is 0 Å². The number of hydrogen-bond donors (Lipinski definition) is 1. The van der Waals surface area contributed by atoms with E-state index in [0.29, 0.717) is 12.0 Å². The van der Waals surface area contributed by atoms with E-state index in [-0.39, 0.29) is 0 Å². The van der Waals surface area contributed by atoms with Crippen molar-refractivity contribution in [2.75, 3.05) is 0 Å². The second-order valence-corrected chi connectivity index (χ2v) is 6.74. The summed E-state index contributed by atoms with van der Waals surface area (Å²) in [5.41, 5.74) is 2.68. The molecule has 4 rings (SSSR count). The smallest absolute Gasteiger partial charge is 0.125 e. The molecule has 1 aromatic carbocycles. The van der Waals surface area contributed by atoms with E-state index < -0.39 is 0 Å². The van der Waals surface area contributed by atoms with Crippen LogP contribution in [0.3, 0.4) is 0 Å². The highest BCUT2D eigenvalue weighted by Gasteiger charge is 2.52. The highest BCUT2D eigenvalue weighted by molar-refractivity contribution is 5.28. The maximum Gasteiger partial charge on any atom is 0.125 e. The molecule has 2 fully saturated rings. The Hall–Kier alpha value is -1.74. The molecule has 0 radical (unpaired) electrons. The van der Waals surface area contributed by atoms with Gasteiger partial charge in [0.05, 0.1) is 0 Å². The van der Waals surface area contributed by atoms with E-state index in [1.807, 2.05) is 19.3 Å². The van der Waals surface area contributed by atoms with Gasteiger partial charge in [-0.25, -0.2) is 9.97 Å². The lowest BCUT2D eigenvalue weighted by molar-refractivity contribution is 0.0940. The standard InChI is InChI=1S/C19H23N3/c1-13-20-10-14(11-21-13)12-22-19-17-9-5-8-16(17)18(19)15-6-3-2-4-7-15/h2-4,6-7,10-11,16-19,22H,5,8-9,12H2,1H3/t16-,17-,18-,19+/m0/s1. The van der Waals surface area contributed by atoms with Crippen molar-refractivity contribution in [3.05, 3.63) is 59.7 Å². The molecular weight excluding hydrogens is 270 g/mol. The Bertz CT molecular complexity index is 623.